The van der Waals surface area contributed by atoms with Crippen molar-refractivity contribution in [1.29, 1.82) is 0 Å². The van der Waals surface area contributed by atoms with Crippen molar-refractivity contribution < 1.29 is 27.7 Å². The molecule has 1 fully saturated rings. The molecule has 10 heteroatoms. The zero-order chi connectivity index (χ0) is 26.5. The van der Waals surface area contributed by atoms with Crippen molar-refractivity contribution in [2.45, 2.75) is 62.8 Å². The van der Waals surface area contributed by atoms with E-state index < -0.39 is 66.2 Å². The first-order valence-corrected chi connectivity index (χ1v) is 10.3. The van der Waals surface area contributed by atoms with Gasteiger partial charge in [-0.1, -0.05) is 18.2 Å². The number of halogens is 1. The molecule has 32 heavy (non-hydrogen) atoms. The topological polar surface area (TPSA) is 139 Å². The molecule has 0 aliphatic carbocycles. The number of hydrogen-bond acceptors (Lipinski definition) is 5. The quantitative estimate of drug-likeness (QED) is 0.571. The second-order valence-corrected chi connectivity index (χ2v) is 9.11. The lowest BCUT2D eigenvalue weighted by Gasteiger charge is -2.35. The van der Waals surface area contributed by atoms with Gasteiger partial charge in [-0.3, -0.25) is 19.2 Å². The molecular weight excluding hydrogens is 417 g/mol. The Hall–Kier alpha value is -3.01. The monoisotopic (exact) mass is 450 g/mol. The van der Waals surface area contributed by atoms with E-state index in [1.807, 2.05) is 0 Å². The number of likely N-dealkylation sites (tertiary alicyclic amines) is 1. The van der Waals surface area contributed by atoms with E-state index in [9.17, 15) is 23.6 Å². The fourth-order valence-electron chi connectivity index (χ4n) is 4.44. The second-order valence-electron chi connectivity index (χ2n) is 9.11. The van der Waals surface area contributed by atoms with Crippen LogP contribution < -0.4 is 16.8 Å². The van der Waals surface area contributed by atoms with Crippen molar-refractivity contribution in [3.63, 3.8) is 0 Å². The first-order chi connectivity index (χ1) is 16.0. The van der Waals surface area contributed by atoms with Gasteiger partial charge in [0.1, 0.15) is 17.8 Å². The number of nitrogens with two attached hydrogens (primary N) is 2. The van der Waals surface area contributed by atoms with Gasteiger partial charge >= 0.3 is 0 Å². The number of alkyl halides is 1. The standard InChI is InChI=1S/C22H30FN5O4/c1-12(24)18(30)27(4)16(9-21(2,3)23)19(31)28-11-22(10-15(28)17(25)29)13-7-5-6-8-14(13)26-20(22)32/h5-8,12,15-16H,9-11,24H2,1-4H3,(H2,25,29)(H,26,32)/t12-,15-,16-,22-/m0/s1/i4D3. The summed E-state index contributed by atoms with van der Waals surface area (Å²) in [6.07, 6.45) is -0.821. The largest absolute Gasteiger partial charge is 0.368 e. The summed E-state index contributed by atoms with van der Waals surface area (Å²) in [7, 11) is 0. The van der Waals surface area contributed by atoms with E-state index in [0.717, 1.165) is 18.7 Å². The number of anilines is 1. The maximum atomic E-state index is 14.8. The molecule has 1 aromatic carbocycles. The summed E-state index contributed by atoms with van der Waals surface area (Å²) in [6.45, 7) is 0.0953. The molecule has 0 aromatic heterocycles. The van der Waals surface area contributed by atoms with E-state index in [4.69, 9.17) is 15.6 Å². The molecule has 2 heterocycles. The Morgan fingerprint density at radius 2 is 2.06 bits per heavy atom. The summed E-state index contributed by atoms with van der Waals surface area (Å²) in [5.41, 5.74) is 8.94. The van der Waals surface area contributed by atoms with E-state index in [2.05, 4.69) is 5.32 Å². The third-order valence-electron chi connectivity index (χ3n) is 6.00. The van der Waals surface area contributed by atoms with Gasteiger partial charge in [0.25, 0.3) is 0 Å². The zero-order valence-corrected chi connectivity index (χ0v) is 18.2. The van der Waals surface area contributed by atoms with Gasteiger partial charge in [-0.15, -0.1) is 0 Å². The summed E-state index contributed by atoms with van der Waals surface area (Å²) in [6, 6.07) is 2.39. The number of rotatable bonds is 6. The third-order valence-corrected chi connectivity index (χ3v) is 6.00. The number of carbonyl (C=O) groups is 4. The summed E-state index contributed by atoms with van der Waals surface area (Å²) in [5, 5.41) is 2.74. The molecule has 1 spiro atoms. The number of nitrogens with zero attached hydrogens (tertiary/aromatic N) is 2. The van der Waals surface area contributed by atoms with Gasteiger partial charge < -0.3 is 26.6 Å². The molecule has 1 saturated heterocycles. The molecule has 174 valence electrons. The minimum atomic E-state index is -3.13. The number of amides is 4. The van der Waals surface area contributed by atoms with Crippen LogP contribution in [0.4, 0.5) is 10.1 Å². The Bertz CT molecular complexity index is 1060. The first-order valence-electron chi connectivity index (χ1n) is 11.8. The molecule has 9 nitrogen and oxygen atoms in total. The lowest BCUT2D eigenvalue weighted by Crippen LogP contribution is -2.56. The fraction of sp³-hybridized carbons (Fsp3) is 0.545. The van der Waals surface area contributed by atoms with Gasteiger partial charge in [-0.25, -0.2) is 4.39 Å². The molecular formula is C22H30FN5O4. The van der Waals surface area contributed by atoms with Crippen LogP contribution in [-0.4, -0.2) is 70.7 Å². The Morgan fingerprint density at radius 1 is 1.41 bits per heavy atom. The highest BCUT2D eigenvalue weighted by Crippen LogP contribution is 2.46. The average molecular weight is 451 g/mol. The number of primary amides is 1. The van der Waals surface area contributed by atoms with Gasteiger partial charge in [0.15, 0.2) is 0 Å². The van der Waals surface area contributed by atoms with Gasteiger partial charge in [-0.2, -0.15) is 0 Å². The van der Waals surface area contributed by atoms with Gasteiger partial charge in [0.2, 0.25) is 23.6 Å². The molecule has 3 rings (SSSR count). The highest BCUT2D eigenvalue weighted by atomic mass is 19.1. The van der Waals surface area contributed by atoms with Crippen molar-refractivity contribution in [3.8, 4) is 0 Å². The highest BCUT2D eigenvalue weighted by molar-refractivity contribution is 6.08. The fourth-order valence-corrected chi connectivity index (χ4v) is 4.44. The number of nitrogens with one attached hydrogen (secondary N) is 1. The van der Waals surface area contributed by atoms with Gasteiger partial charge in [0, 0.05) is 29.7 Å². The SMILES string of the molecule is [2H]C([2H])([2H])N(C(=O)[C@H](C)N)[C@@H](CC(C)(C)F)C(=O)N1C[C@]2(C[C@H]1C(N)=O)C(=O)Nc1ccccc12. The lowest BCUT2D eigenvalue weighted by atomic mass is 9.79. The predicted molar refractivity (Wildman–Crippen MR) is 116 cm³/mol. The predicted octanol–water partition coefficient (Wildman–Crippen LogP) is 0.275. The highest BCUT2D eigenvalue weighted by Gasteiger charge is 2.58. The van der Waals surface area contributed by atoms with Crippen LogP contribution in [-0.2, 0) is 24.6 Å². The minimum absolute atomic E-state index is 0.141. The van der Waals surface area contributed by atoms with Crippen LogP contribution in [0.25, 0.3) is 0 Å². The first kappa shape index (κ1) is 19.7. The smallest absolute Gasteiger partial charge is 0.246 e. The third kappa shape index (κ3) is 4.06. The molecule has 2 aliphatic heterocycles. The molecule has 0 bridgehead atoms. The zero-order valence-electron chi connectivity index (χ0n) is 21.2. The van der Waals surface area contributed by atoms with Crippen LogP contribution >= 0.6 is 0 Å². The molecule has 4 amide bonds. The van der Waals surface area contributed by atoms with Gasteiger partial charge in [-0.05, 0) is 38.8 Å². The summed E-state index contributed by atoms with van der Waals surface area (Å²) >= 11 is 0. The van der Waals surface area contributed by atoms with E-state index in [1.54, 1.807) is 24.3 Å². The molecule has 0 unspecified atom stereocenters. The van der Waals surface area contributed by atoms with Crippen LogP contribution in [0.5, 0.6) is 0 Å². The Labute approximate surface area is 190 Å². The van der Waals surface area contributed by atoms with Crippen LogP contribution in [0.2, 0.25) is 0 Å². The maximum absolute atomic E-state index is 14.8. The van der Waals surface area contributed by atoms with E-state index in [0.29, 0.717) is 16.2 Å². The summed E-state index contributed by atoms with van der Waals surface area (Å²) in [5.74, 6) is -3.44. The van der Waals surface area contributed by atoms with E-state index in [-0.39, 0.29) is 13.0 Å². The minimum Gasteiger partial charge on any atom is -0.368 e. The molecule has 5 N–H and O–H groups in total. The number of carbonyl (C=O) groups excluding carboxylic acids is 4. The van der Waals surface area contributed by atoms with Crippen molar-refractivity contribution in [2.75, 3.05) is 18.8 Å². The maximum Gasteiger partial charge on any atom is 0.246 e. The lowest BCUT2D eigenvalue weighted by molar-refractivity contribution is -0.148. The summed E-state index contributed by atoms with van der Waals surface area (Å²) in [4.78, 5) is 53.4. The average Bonchev–Trinajstić information content (AvgIpc) is 3.24. The summed E-state index contributed by atoms with van der Waals surface area (Å²) < 4.78 is 38.4. The molecule has 0 radical (unpaired) electrons. The van der Waals surface area contributed by atoms with Crippen LogP contribution in [0.15, 0.2) is 24.3 Å². The van der Waals surface area contributed by atoms with Crippen molar-refractivity contribution in [3.05, 3.63) is 29.8 Å². The normalized spacial score (nSPS) is 25.9. The molecule has 1 aromatic rings. The Kier molecular flexibility index (Phi) is 5.01. The van der Waals surface area contributed by atoms with Gasteiger partial charge in [0.05, 0.1) is 11.5 Å². The van der Waals surface area contributed by atoms with Crippen LogP contribution in [0.1, 0.15) is 43.3 Å². The number of benzene rings is 1. The Balaban J connectivity index is 2.10. The number of hydrogen-bond donors (Lipinski definition) is 3. The van der Waals surface area contributed by atoms with Crippen molar-refractivity contribution in [2.24, 2.45) is 11.5 Å². The number of likely N-dealkylation sites (N-methyl/N-ethyl adjacent to an activating group) is 1. The van der Waals surface area contributed by atoms with Crippen molar-refractivity contribution >= 4 is 29.3 Å². The van der Waals surface area contributed by atoms with E-state index >= 15 is 0 Å². The Morgan fingerprint density at radius 3 is 2.62 bits per heavy atom. The number of para-hydroxylation sites is 1. The second kappa shape index (κ2) is 8.16. The molecule has 2 aliphatic rings. The molecule has 0 saturated carbocycles. The molecule has 4 atom stereocenters. The van der Waals surface area contributed by atoms with Crippen LogP contribution in [0.3, 0.4) is 0 Å². The van der Waals surface area contributed by atoms with Crippen LogP contribution in [0, 0.1) is 0 Å². The van der Waals surface area contributed by atoms with Crippen molar-refractivity contribution in [1.82, 2.24) is 9.80 Å². The van der Waals surface area contributed by atoms with E-state index in [1.165, 1.54) is 6.92 Å². The number of fused-ring (bicyclic) bond motifs is 2.